The number of benzene rings is 3. The van der Waals surface area contributed by atoms with Crippen LogP contribution in [0.2, 0.25) is 0 Å². The molecule has 1 aliphatic heterocycles. The van der Waals surface area contributed by atoms with Crippen LogP contribution in [-0.4, -0.2) is 78.3 Å². The van der Waals surface area contributed by atoms with Gasteiger partial charge in [-0.1, -0.05) is 55.5 Å². The SMILES string of the molecule is C[C@@H]1CCCCO[C@H](CN(C)Cc2ccccc2)[C@@H](C)CN([C@@H](C)CO)C(=O)c2cc(NC(=O)c3ccccc3)ccc2O1. The molecule has 4 atom stereocenters. The average molecular weight is 602 g/mol. The van der Waals surface area contributed by atoms with Gasteiger partial charge < -0.3 is 24.8 Å². The van der Waals surface area contributed by atoms with E-state index in [9.17, 15) is 14.7 Å². The van der Waals surface area contributed by atoms with Crippen LogP contribution in [0, 0.1) is 5.92 Å². The minimum atomic E-state index is -0.437. The summed E-state index contributed by atoms with van der Waals surface area (Å²) in [5, 5.41) is 13.1. The largest absolute Gasteiger partial charge is 0.490 e. The number of amides is 2. The Morgan fingerprint density at radius 2 is 1.75 bits per heavy atom. The Kier molecular flexibility index (Phi) is 12.4. The summed E-state index contributed by atoms with van der Waals surface area (Å²) >= 11 is 0. The van der Waals surface area contributed by atoms with E-state index in [-0.39, 0.29) is 36.5 Å². The van der Waals surface area contributed by atoms with Gasteiger partial charge in [-0.15, -0.1) is 0 Å². The lowest BCUT2D eigenvalue weighted by atomic mass is 10.0. The molecule has 8 heteroatoms. The van der Waals surface area contributed by atoms with Crippen LogP contribution in [0.5, 0.6) is 5.75 Å². The second kappa shape index (κ2) is 16.4. The number of nitrogens with one attached hydrogen (secondary N) is 1. The highest BCUT2D eigenvalue weighted by molar-refractivity contribution is 6.05. The summed E-state index contributed by atoms with van der Waals surface area (Å²) in [5.41, 5.74) is 2.61. The van der Waals surface area contributed by atoms with Crippen LogP contribution < -0.4 is 10.1 Å². The van der Waals surface area contributed by atoms with Gasteiger partial charge in [0.1, 0.15) is 5.75 Å². The van der Waals surface area contributed by atoms with Crippen LogP contribution in [-0.2, 0) is 11.3 Å². The number of anilines is 1. The predicted molar refractivity (Wildman–Crippen MR) is 174 cm³/mol. The smallest absolute Gasteiger partial charge is 0.258 e. The Bertz CT molecular complexity index is 1340. The van der Waals surface area contributed by atoms with E-state index < -0.39 is 6.04 Å². The van der Waals surface area contributed by atoms with E-state index in [4.69, 9.17) is 9.47 Å². The molecular formula is C36H47N3O5. The van der Waals surface area contributed by atoms with Crippen LogP contribution in [0.1, 0.15) is 66.3 Å². The van der Waals surface area contributed by atoms with Crippen molar-refractivity contribution in [1.82, 2.24) is 9.80 Å². The summed E-state index contributed by atoms with van der Waals surface area (Å²) < 4.78 is 12.8. The first-order chi connectivity index (χ1) is 21.2. The van der Waals surface area contributed by atoms with Gasteiger partial charge in [0.15, 0.2) is 0 Å². The topological polar surface area (TPSA) is 91.3 Å². The second-order valence-electron chi connectivity index (χ2n) is 12.0. The lowest BCUT2D eigenvalue weighted by Gasteiger charge is -2.36. The fourth-order valence-electron chi connectivity index (χ4n) is 5.52. The standard InChI is InChI=1S/C36H47N3O5/c1-26-22-39(27(2)25-40)36(42)32-21-31(37-35(41)30-16-9-6-10-17-30)18-19-33(32)44-28(3)13-11-12-20-43-34(26)24-38(4)23-29-14-7-5-8-15-29/h5-10,14-19,21,26-28,34,40H,11-13,20,22-25H2,1-4H3,(H,37,41)/t26-,27-,28+,34+/m0/s1. The monoisotopic (exact) mass is 601 g/mol. The Morgan fingerprint density at radius 1 is 1.05 bits per heavy atom. The number of rotatable bonds is 8. The number of ether oxygens (including phenoxy) is 2. The molecule has 4 rings (SSSR count). The zero-order chi connectivity index (χ0) is 31.5. The highest BCUT2D eigenvalue weighted by atomic mass is 16.5. The molecule has 0 bridgehead atoms. The van der Waals surface area contributed by atoms with Crippen LogP contribution in [0.25, 0.3) is 0 Å². The van der Waals surface area contributed by atoms with Gasteiger partial charge in [-0.05, 0) is 76.1 Å². The molecule has 0 aliphatic carbocycles. The van der Waals surface area contributed by atoms with E-state index in [1.807, 2.05) is 50.2 Å². The van der Waals surface area contributed by atoms with Crippen molar-refractivity contribution >= 4 is 17.5 Å². The van der Waals surface area contributed by atoms with Crippen molar-refractivity contribution in [2.45, 2.75) is 64.8 Å². The molecule has 2 amide bonds. The maximum absolute atomic E-state index is 14.3. The van der Waals surface area contributed by atoms with Crippen LogP contribution in [0.3, 0.4) is 0 Å². The Balaban J connectivity index is 1.61. The molecule has 0 radical (unpaired) electrons. The molecular weight excluding hydrogens is 554 g/mol. The van der Waals surface area contributed by atoms with Crippen LogP contribution in [0.15, 0.2) is 78.9 Å². The van der Waals surface area contributed by atoms with Crippen molar-refractivity contribution in [2.75, 3.05) is 38.7 Å². The Morgan fingerprint density at radius 3 is 2.45 bits per heavy atom. The highest BCUT2D eigenvalue weighted by Crippen LogP contribution is 2.29. The summed E-state index contributed by atoms with van der Waals surface area (Å²) in [6.45, 7) is 8.28. The maximum Gasteiger partial charge on any atom is 0.258 e. The first-order valence-electron chi connectivity index (χ1n) is 15.7. The van der Waals surface area contributed by atoms with E-state index in [1.165, 1.54) is 5.56 Å². The number of carbonyl (C=O) groups is 2. The molecule has 8 nitrogen and oxygen atoms in total. The highest BCUT2D eigenvalue weighted by Gasteiger charge is 2.30. The third kappa shape index (κ3) is 9.39. The van der Waals surface area contributed by atoms with Gasteiger partial charge in [0, 0.05) is 43.4 Å². The number of likely N-dealkylation sites (N-methyl/N-ethyl adjacent to an activating group) is 1. The molecule has 0 saturated carbocycles. The van der Waals surface area contributed by atoms with E-state index in [0.29, 0.717) is 42.3 Å². The van der Waals surface area contributed by atoms with Crippen molar-refractivity contribution in [1.29, 1.82) is 0 Å². The van der Waals surface area contributed by atoms with Crippen LogP contribution >= 0.6 is 0 Å². The number of carbonyl (C=O) groups excluding carboxylic acids is 2. The normalized spacial score (nSPS) is 20.7. The van der Waals surface area contributed by atoms with E-state index in [1.54, 1.807) is 35.2 Å². The van der Waals surface area contributed by atoms with Crippen molar-refractivity contribution in [3.8, 4) is 5.75 Å². The van der Waals surface area contributed by atoms with Crippen molar-refractivity contribution in [3.05, 3.63) is 95.6 Å². The number of hydrogen-bond donors (Lipinski definition) is 2. The maximum atomic E-state index is 14.3. The molecule has 44 heavy (non-hydrogen) atoms. The first-order valence-corrected chi connectivity index (χ1v) is 15.7. The summed E-state index contributed by atoms with van der Waals surface area (Å²) in [7, 11) is 2.09. The summed E-state index contributed by atoms with van der Waals surface area (Å²) in [4.78, 5) is 31.2. The molecule has 1 aliphatic rings. The first kappa shape index (κ1) is 33.2. The molecule has 0 fully saturated rings. The minimum absolute atomic E-state index is 0.0154. The number of hydrogen-bond acceptors (Lipinski definition) is 6. The van der Waals surface area contributed by atoms with E-state index >= 15 is 0 Å². The predicted octanol–water partition coefficient (Wildman–Crippen LogP) is 5.87. The van der Waals surface area contributed by atoms with E-state index in [0.717, 1.165) is 25.8 Å². The van der Waals surface area contributed by atoms with Gasteiger partial charge in [0.2, 0.25) is 0 Å². The molecule has 1 heterocycles. The molecule has 236 valence electrons. The molecule has 3 aromatic rings. The fourth-order valence-corrected chi connectivity index (χ4v) is 5.52. The Hall–Kier alpha value is -3.72. The third-order valence-electron chi connectivity index (χ3n) is 8.13. The number of aliphatic hydroxyl groups excluding tert-OH is 1. The van der Waals surface area contributed by atoms with Gasteiger partial charge in [-0.25, -0.2) is 0 Å². The van der Waals surface area contributed by atoms with Gasteiger partial charge in [-0.3, -0.25) is 14.5 Å². The second-order valence-corrected chi connectivity index (χ2v) is 12.0. The van der Waals surface area contributed by atoms with Gasteiger partial charge in [-0.2, -0.15) is 0 Å². The zero-order valence-corrected chi connectivity index (χ0v) is 26.4. The quantitative estimate of drug-likeness (QED) is 0.336. The van der Waals surface area contributed by atoms with Gasteiger partial charge in [0.05, 0.1) is 30.4 Å². The van der Waals surface area contributed by atoms with Crippen molar-refractivity contribution in [3.63, 3.8) is 0 Å². The number of aliphatic hydroxyl groups is 1. The van der Waals surface area contributed by atoms with Gasteiger partial charge >= 0.3 is 0 Å². The number of nitrogens with zero attached hydrogens (tertiary/aromatic N) is 2. The minimum Gasteiger partial charge on any atom is -0.490 e. The zero-order valence-electron chi connectivity index (χ0n) is 26.4. The molecule has 0 spiro atoms. The molecule has 0 unspecified atom stereocenters. The molecule has 0 aromatic heterocycles. The molecule has 3 aromatic carbocycles. The van der Waals surface area contributed by atoms with Gasteiger partial charge in [0.25, 0.3) is 11.8 Å². The third-order valence-corrected chi connectivity index (χ3v) is 8.13. The van der Waals surface area contributed by atoms with E-state index in [2.05, 4.69) is 36.3 Å². The Labute approximate surface area is 262 Å². The lowest BCUT2D eigenvalue weighted by molar-refractivity contribution is -0.0177. The molecule has 0 saturated heterocycles. The summed E-state index contributed by atoms with van der Waals surface area (Å²) in [6.07, 6.45) is 2.42. The van der Waals surface area contributed by atoms with Crippen molar-refractivity contribution in [2.24, 2.45) is 5.92 Å². The number of fused-ring (bicyclic) bond motifs is 1. The summed E-state index contributed by atoms with van der Waals surface area (Å²) in [6, 6.07) is 24.1. The molecule has 2 N–H and O–H groups in total. The van der Waals surface area contributed by atoms with Crippen molar-refractivity contribution < 1.29 is 24.2 Å². The summed E-state index contributed by atoms with van der Waals surface area (Å²) in [5.74, 6) is -0.0688. The van der Waals surface area contributed by atoms with Crippen LogP contribution in [0.4, 0.5) is 5.69 Å². The fraction of sp³-hybridized carbons (Fsp3) is 0.444. The average Bonchev–Trinajstić information content (AvgIpc) is 3.03. The lowest BCUT2D eigenvalue weighted by Crippen LogP contribution is -2.47.